The van der Waals surface area contributed by atoms with Crippen molar-refractivity contribution in [2.45, 2.75) is 6.54 Å². The number of non-ortho nitro benzene ring substituents is 1. The second-order valence-electron chi connectivity index (χ2n) is 5.50. The maximum Gasteiger partial charge on any atom is 0.269 e. The molecule has 3 aromatic carbocycles. The highest BCUT2D eigenvalue weighted by molar-refractivity contribution is 5.83. The normalized spacial score (nSPS) is 10.4. The number of carbonyl (C=O) groups excluding carboxylic acids is 1. The van der Waals surface area contributed by atoms with Crippen LogP contribution in [-0.2, 0) is 11.3 Å². The molecule has 3 aromatic rings. The number of ether oxygens (including phenoxy) is 1. The highest BCUT2D eigenvalue weighted by Crippen LogP contribution is 2.17. The zero-order chi connectivity index (χ0) is 17.6. The van der Waals surface area contributed by atoms with E-state index in [1.165, 1.54) is 24.3 Å². The summed E-state index contributed by atoms with van der Waals surface area (Å²) in [5.74, 6) is 0.151. The number of benzene rings is 3. The second-order valence-corrected chi connectivity index (χ2v) is 5.50. The van der Waals surface area contributed by atoms with Gasteiger partial charge in [0, 0.05) is 18.7 Å². The molecule has 1 amide bonds. The van der Waals surface area contributed by atoms with Crippen LogP contribution in [0.5, 0.6) is 5.75 Å². The van der Waals surface area contributed by atoms with Gasteiger partial charge in [-0.05, 0) is 34.5 Å². The van der Waals surface area contributed by atoms with Crippen molar-refractivity contribution in [1.82, 2.24) is 5.32 Å². The molecular formula is C19H16N2O4. The highest BCUT2D eigenvalue weighted by atomic mass is 16.6. The topological polar surface area (TPSA) is 81.5 Å². The average molecular weight is 336 g/mol. The van der Waals surface area contributed by atoms with Gasteiger partial charge >= 0.3 is 0 Å². The van der Waals surface area contributed by atoms with Crippen LogP contribution in [0, 0.1) is 10.1 Å². The molecule has 0 spiro atoms. The van der Waals surface area contributed by atoms with Gasteiger partial charge in [0.1, 0.15) is 5.75 Å². The van der Waals surface area contributed by atoms with Crippen LogP contribution in [0.1, 0.15) is 5.56 Å². The standard InChI is InChI=1S/C19H16N2O4/c22-19(13-25-18-9-7-17(8-10-18)21(23)24)20-12-14-5-6-15-3-1-2-4-16(15)11-14/h1-11H,12-13H2,(H,20,22). The van der Waals surface area contributed by atoms with Crippen molar-refractivity contribution < 1.29 is 14.5 Å². The lowest BCUT2D eigenvalue weighted by atomic mass is 10.1. The highest BCUT2D eigenvalue weighted by Gasteiger charge is 2.06. The summed E-state index contributed by atoms with van der Waals surface area (Å²) < 4.78 is 5.33. The fourth-order valence-electron chi connectivity index (χ4n) is 2.41. The number of hydrogen-bond donors (Lipinski definition) is 1. The predicted molar refractivity (Wildman–Crippen MR) is 94.4 cm³/mol. The van der Waals surface area contributed by atoms with E-state index in [1.807, 2.05) is 42.5 Å². The summed E-state index contributed by atoms with van der Waals surface area (Å²) in [6.45, 7) is 0.263. The van der Waals surface area contributed by atoms with Gasteiger partial charge in [-0.25, -0.2) is 0 Å². The summed E-state index contributed by atoms with van der Waals surface area (Å²) >= 11 is 0. The third-order valence-electron chi connectivity index (χ3n) is 3.72. The molecule has 25 heavy (non-hydrogen) atoms. The molecule has 0 saturated heterocycles. The Morgan fingerprint density at radius 1 is 1.00 bits per heavy atom. The molecule has 6 nitrogen and oxygen atoms in total. The lowest BCUT2D eigenvalue weighted by Crippen LogP contribution is -2.28. The molecule has 0 saturated carbocycles. The van der Waals surface area contributed by atoms with E-state index in [1.54, 1.807) is 0 Å². The Hall–Kier alpha value is -3.41. The number of nitro groups is 1. The van der Waals surface area contributed by atoms with E-state index >= 15 is 0 Å². The maximum absolute atomic E-state index is 11.9. The molecule has 0 aliphatic carbocycles. The molecule has 6 heteroatoms. The second kappa shape index (κ2) is 7.44. The van der Waals surface area contributed by atoms with Crippen molar-refractivity contribution in [3.05, 3.63) is 82.4 Å². The number of nitrogens with one attached hydrogen (secondary N) is 1. The van der Waals surface area contributed by atoms with E-state index in [-0.39, 0.29) is 18.2 Å². The van der Waals surface area contributed by atoms with E-state index < -0.39 is 4.92 Å². The summed E-state index contributed by atoms with van der Waals surface area (Å²) in [5, 5.41) is 15.6. The Bertz CT molecular complexity index is 907. The third kappa shape index (κ3) is 4.32. The largest absolute Gasteiger partial charge is 0.484 e. The Morgan fingerprint density at radius 2 is 1.72 bits per heavy atom. The molecule has 0 heterocycles. The van der Waals surface area contributed by atoms with Crippen molar-refractivity contribution in [3.63, 3.8) is 0 Å². The van der Waals surface area contributed by atoms with Gasteiger partial charge in [-0.2, -0.15) is 0 Å². The van der Waals surface area contributed by atoms with Gasteiger partial charge in [0.05, 0.1) is 4.92 Å². The first-order valence-corrected chi connectivity index (χ1v) is 7.73. The Kier molecular flexibility index (Phi) is 4.89. The van der Waals surface area contributed by atoms with Gasteiger partial charge in [0.25, 0.3) is 11.6 Å². The first-order chi connectivity index (χ1) is 12.1. The third-order valence-corrected chi connectivity index (χ3v) is 3.72. The Labute approximate surface area is 144 Å². The van der Waals surface area contributed by atoms with Crippen molar-refractivity contribution in [1.29, 1.82) is 0 Å². The average Bonchev–Trinajstić information content (AvgIpc) is 2.65. The Morgan fingerprint density at radius 3 is 2.44 bits per heavy atom. The van der Waals surface area contributed by atoms with E-state index in [0.717, 1.165) is 16.3 Å². The summed E-state index contributed by atoms with van der Waals surface area (Å²) in [6.07, 6.45) is 0. The zero-order valence-electron chi connectivity index (χ0n) is 13.3. The van der Waals surface area contributed by atoms with E-state index in [2.05, 4.69) is 5.32 Å². The predicted octanol–water partition coefficient (Wildman–Crippen LogP) is 3.44. The summed E-state index contributed by atoms with van der Waals surface area (Å²) in [6, 6.07) is 19.7. The molecule has 0 bridgehead atoms. The van der Waals surface area contributed by atoms with Crippen LogP contribution in [0.25, 0.3) is 10.8 Å². The van der Waals surface area contributed by atoms with Crippen LogP contribution in [-0.4, -0.2) is 17.4 Å². The molecule has 0 unspecified atom stereocenters. The van der Waals surface area contributed by atoms with Crippen molar-refractivity contribution in [2.24, 2.45) is 0 Å². The van der Waals surface area contributed by atoms with Crippen LogP contribution in [0.3, 0.4) is 0 Å². The number of carbonyl (C=O) groups is 1. The molecule has 0 aliphatic rings. The maximum atomic E-state index is 11.9. The van der Waals surface area contributed by atoms with Gasteiger partial charge in [-0.15, -0.1) is 0 Å². The fraction of sp³-hybridized carbons (Fsp3) is 0.105. The quantitative estimate of drug-likeness (QED) is 0.552. The molecular weight excluding hydrogens is 320 g/mol. The minimum absolute atomic E-state index is 0.0203. The number of nitro benzene ring substituents is 1. The summed E-state index contributed by atoms with van der Waals surface area (Å²) in [5.41, 5.74) is 0.982. The van der Waals surface area contributed by atoms with Gasteiger partial charge in [-0.1, -0.05) is 36.4 Å². The number of nitrogens with zero attached hydrogens (tertiary/aromatic N) is 1. The molecule has 0 radical (unpaired) electrons. The van der Waals surface area contributed by atoms with Gasteiger partial charge in [-0.3, -0.25) is 14.9 Å². The first kappa shape index (κ1) is 16.4. The minimum atomic E-state index is -0.486. The smallest absolute Gasteiger partial charge is 0.269 e. The SMILES string of the molecule is O=C(COc1ccc([N+](=O)[O-])cc1)NCc1ccc2ccccc2c1. The van der Waals surface area contributed by atoms with Crippen LogP contribution in [0.4, 0.5) is 5.69 Å². The Balaban J connectivity index is 1.51. The van der Waals surface area contributed by atoms with Gasteiger partial charge in [0.2, 0.25) is 0 Å². The van der Waals surface area contributed by atoms with Crippen LogP contribution in [0.15, 0.2) is 66.7 Å². The van der Waals surface area contributed by atoms with Crippen molar-refractivity contribution >= 4 is 22.4 Å². The first-order valence-electron chi connectivity index (χ1n) is 7.73. The summed E-state index contributed by atoms with van der Waals surface area (Å²) in [4.78, 5) is 22.0. The van der Waals surface area contributed by atoms with Crippen LogP contribution >= 0.6 is 0 Å². The zero-order valence-corrected chi connectivity index (χ0v) is 13.3. The van der Waals surface area contributed by atoms with Crippen LogP contribution < -0.4 is 10.1 Å². The number of rotatable bonds is 6. The number of fused-ring (bicyclic) bond motifs is 1. The summed E-state index contributed by atoms with van der Waals surface area (Å²) in [7, 11) is 0. The van der Waals surface area contributed by atoms with Gasteiger partial charge < -0.3 is 10.1 Å². The lowest BCUT2D eigenvalue weighted by molar-refractivity contribution is -0.384. The van der Waals surface area contributed by atoms with E-state index in [4.69, 9.17) is 4.74 Å². The molecule has 0 aromatic heterocycles. The molecule has 3 rings (SSSR count). The number of hydrogen-bond acceptors (Lipinski definition) is 4. The molecule has 126 valence electrons. The molecule has 0 atom stereocenters. The van der Waals surface area contributed by atoms with Crippen molar-refractivity contribution in [3.8, 4) is 5.75 Å². The molecule has 0 fully saturated rings. The number of amides is 1. The van der Waals surface area contributed by atoms with Crippen molar-refractivity contribution in [2.75, 3.05) is 6.61 Å². The molecule has 0 aliphatic heterocycles. The monoisotopic (exact) mass is 336 g/mol. The van der Waals surface area contributed by atoms with Gasteiger partial charge in [0.15, 0.2) is 6.61 Å². The molecule has 1 N–H and O–H groups in total. The van der Waals surface area contributed by atoms with E-state index in [9.17, 15) is 14.9 Å². The fourth-order valence-corrected chi connectivity index (χ4v) is 2.41. The van der Waals surface area contributed by atoms with Crippen LogP contribution in [0.2, 0.25) is 0 Å². The minimum Gasteiger partial charge on any atom is -0.484 e. The lowest BCUT2D eigenvalue weighted by Gasteiger charge is -2.08. The van der Waals surface area contributed by atoms with E-state index in [0.29, 0.717) is 12.3 Å².